The summed E-state index contributed by atoms with van der Waals surface area (Å²) in [5.41, 5.74) is -1.62. The molecule has 3 aliphatic rings. The molecule has 3 heterocycles. The van der Waals surface area contributed by atoms with E-state index in [9.17, 15) is 37.9 Å². The van der Waals surface area contributed by atoms with Gasteiger partial charge in [0.1, 0.15) is 47.0 Å². The van der Waals surface area contributed by atoms with Gasteiger partial charge in [-0.05, 0) is 56.6 Å². The molecule has 3 fully saturated rings. The number of benzene rings is 1. The van der Waals surface area contributed by atoms with Crippen molar-refractivity contribution in [1.82, 2.24) is 30.8 Å². The Bertz CT molecular complexity index is 2120. The smallest absolute Gasteiger partial charge is 0.407 e. The van der Waals surface area contributed by atoms with Crippen LogP contribution < -0.4 is 30.7 Å². The standard InChI is InChI=1S/C42H55F2N7O9S/c1-21(2)45-39-47-29(20-61-39)28-17-31(25-14-13-23(58-6)15-27(25)46-28)60-24-16-30(35(52)50-42(38(55)56)18-26(42)34(43)44)51(19-24)37(54)33(41(3,4)5)49-36(53)32(48-40(57)59-7)22-11-9-8-10-12-22/h13-15,17,20-22,24,26,30,32-34H,8-12,16,18-19H2,1-7H3,(H,45,47)(H,48,57)(H,49,53)(H,50,52)(H,55,56)/t24-,26+,30?,32+,33-,42+/m1/s1. The van der Waals surface area contributed by atoms with Gasteiger partial charge in [0.25, 0.3) is 0 Å². The number of alkyl carbamates (subject to hydrolysis) is 1. The number of carbonyl (C=O) groups excluding carboxylic acids is 4. The van der Waals surface area contributed by atoms with E-state index in [0.29, 0.717) is 51.8 Å². The molecule has 2 aromatic heterocycles. The Kier molecular flexibility index (Phi) is 13.6. The van der Waals surface area contributed by atoms with Crippen LogP contribution in [0.15, 0.2) is 29.6 Å². The molecule has 4 amide bonds. The maximum absolute atomic E-state index is 14.9. The fourth-order valence-corrected chi connectivity index (χ4v) is 9.08. The van der Waals surface area contributed by atoms with Gasteiger partial charge >= 0.3 is 12.1 Å². The molecule has 0 bridgehead atoms. The molecule has 1 aliphatic heterocycles. The topological polar surface area (TPSA) is 210 Å². The minimum absolute atomic E-state index is 0.137. The van der Waals surface area contributed by atoms with Crippen LogP contribution in [-0.2, 0) is 23.9 Å². The van der Waals surface area contributed by atoms with Crippen molar-refractivity contribution in [3.05, 3.63) is 29.6 Å². The third kappa shape index (κ3) is 10.1. The second-order valence-corrected chi connectivity index (χ2v) is 18.3. The van der Waals surface area contributed by atoms with Crippen LogP contribution in [0.4, 0.5) is 18.7 Å². The van der Waals surface area contributed by atoms with Crippen LogP contribution in [0.5, 0.6) is 11.5 Å². The van der Waals surface area contributed by atoms with Crippen LogP contribution in [0.3, 0.4) is 0 Å². The molecule has 332 valence electrons. The number of aliphatic carboxylic acids is 1. The van der Waals surface area contributed by atoms with E-state index in [1.165, 1.54) is 30.5 Å². The average Bonchev–Trinajstić information content (AvgIpc) is 3.52. The van der Waals surface area contributed by atoms with Gasteiger partial charge in [-0.3, -0.25) is 14.4 Å². The second-order valence-electron chi connectivity index (χ2n) is 17.4. The summed E-state index contributed by atoms with van der Waals surface area (Å²) in [4.78, 5) is 78.7. The Labute approximate surface area is 356 Å². The third-order valence-corrected chi connectivity index (χ3v) is 12.4. The molecular formula is C42H55F2N7O9S. The van der Waals surface area contributed by atoms with Gasteiger partial charge in [0.2, 0.25) is 24.1 Å². The first-order chi connectivity index (χ1) is 28.8. The molecule has 19 heteroatoms. The number of hydrogen-bond acceptors (Lipinski definition) is 12. The van der Waals surface area contributed by atoms with Crippen molar-refractivity contribution in [3.8, 4) is 22.9 Å². The van der Waals surface area contributed by atoms with E-state index in [1.54, 1.807) is 45.0 Å². The number of methoxy groups -OCH3 is 2. The van der Waals surface area contributed by atoms with Crippen molar-refractivity contribution in [1.29, 1.82) is 0 Å². The molecular weight excluding hydrogens is 817 g/mol. The number of ether oxygens (including phenoxy) is 3. The van der Waals surface area contributed by atoms with Gasteiger partial charge in [-0.25, -0.2) is 28.3 Å². The summed E-state index contributed by atoms with van der Waals surface area (Å²) < 4.78 is 44.7. The monoisotopic (exact) mass is 871 g/mol. The zero-order valence-electron chi connectivity index (χ0n) is 35.4. The van der Waals surface area contributed by atoms with Crippen LogP contribution in [0.1, 0.15) is 79.6 Å². The first-order valence-corrected chi connectivity index (χ1v) is 21.4. The predicted octanol–water partition coefficient (Wildman–Crippen LogP) is 5.60. The number of fused-ring (bicyclic) bond motifs is 1. The summed E-state index contributed by atoms with van der Waals surface area (Å²) in [7, 11) is 2.72. The largest absolute Gasteiger partial charge is 0.497 e. The lowest BCUT2D eigenvalue weighted by Crippen LogP contribution is -2.62. The van der Waals surface area contributed by atoms with Gasteiger partial charge < -0.3 is 45.5 Å². The number of amides is 4. The minimum atomic E-state index is -3.01. The SMILES string of the molecule is COC(=O)N[C@H](C(=O)N[C@H](C(=O)N1C[C@H](Oc2cc(-c3csc(NC(C)C)n3)nc3cc(OC)ccc23)CC1C(=O)N[C@@]1(C(=O)O)C[C@H]1C(F)F)C(C)(C)C)C1CCCCC1. The zero-order valence-corrected chi connectivity index (χ0v) is 36.2. The molecule has 0 radical (unpaired) electrons. The van der Waals surface area contributed by atoms with Crippen LogP contribution in [0.2, 0.25) is 0 Å². The molecule has 61 heavy (non-hydrogen) atoms. The van der Waals surface area contributed by atoms with Gasteiger partial charge in [-0.1, -0.05) is 40.0 Å². The molecule has 2 aliphatic carbocycles. The number of pyridine rings is 1. The van der Waals surface area contributed by atoms with Crippen LogP contribution in [0.25, 0.3) is 22.3 Å². The summed E-state index contributed by atoms with van der Waals surface area (Å²) in [5.74, 6) is -4.81. The number of carboxylic acids is 1. The van der Waals surface area contributed by atoms with Crippen molar-refractivity contribution in [2.24, 2.45) is 17.3 Å². The quantitative estimate of drug-likeness (QED) is 0.127. The molecule has 1 saturated heterocycles. The lowest BCUT2D eigenvalue weighted by atomic mass is 9.82. The highest BCUT2D eigenvalue weighted by Crippen LogP contribution is 2.48. The fourth-order valence-electron chi connectivity index (χ4n) is 8.23. The van der Waals surface area contributed by atoms with E-state index in [0.717, 1.165) is 19.3 Å². The molecule has 6 rings (SSSR count). The summed E-state index contributed by atoms with van der Waals surface area (Å²) >= 11 is 1.41. The normalized spacial score (nSPS) is 22.7. The number of nitrogens with zero attached hydrogens (tertiary/aromatic N) is 3. The van der Waals surface area contributed by atoms with Gasteiger partial charge in [0.15, 0.2) is 5.13 Å². The summed E-state index contributed by atoms with van der Waals surface area (Å²) in [6, 6.07) is 3.41. The summed E-state index contributed by atoms with van der Waals surface area (Å²) in [6.45, 7) is 8.99. The van der Waals surface area contributed by atoms with Crippen molar-refractivity contribution in [2.75, 3.05) is 26.1 Å². The number of carboxylic acid groups (broad SMARTS) is 1. The van der Waals surface area contributed by atoms with Crippen molar-refractivity contribution < 1.29 is 52.1 Å². The molecule has 2 saturated carbocycles. The number of carbonyl (C=O) groups is 5. The fraction of sp³-hybridized carbons (Fsp3) is 0.595. The number of likely N-dealkylation sites (tertiary alicyclic amines) is 1. The molecule has 0 spiro atoms. The molecule has 6 atom stereocenters. The first kappa shape index (κ1) is 45.2. The number of aromatic nitrogens is 2. The Morgan fingerprint density at radius 3 is 2.33 bits per heavy atom. The van der Waals surface area contributed by atoms with Crippen molar-refractivity contribution in [2.45, 2.75) is 122 Å². The van der Waals surface area contributed by atoms with Gasteiger partial charge in [-0.2, -0.15) is 0 Å². The zero-order chi connectivity index (χ0) is 44.4. The van der Waals surface area contributed by atoms with Crippen LogP contribution >= 0.6 is 11.3 Å². The highest BCUT2D eigenvalue weighted by Gasteiger charge is 2.66. The van der Waals surface area contributed by atoms with Gasteiger partial charge in [-0.15, -0.1) is 11.3 Å². The van der Waals surface area contributed by atoms with E-state index < -0.39 is 83.7 Å². The summed E-state index contributed by atoms with van der Waals surface area (Å²) in [6.07, 6.45) is -1.28. The second kappa shape index (κ2) is 18.3. The maximum atomic E-state index is 14.9. The van der Waals surface area contributed by atoms with Crippen LogP contribution in [-0.4, -0.2) is 113 Å². The van der Waals surface area contributed by atoms with Gasteiger partial charge in [0, 0.05) is 35.4 Å². The van der Waals surface area contributed by atoms with Crippen molar-refractivity contribution in [3.63, 3.8) is 0 Å². The highest BCUT2D eigenvalue weighted by atomic mass is 32.1. The predicted molar refractivity (Wildman–Crippen MR) is 223 cm³/mol. The molecule has 5 N–H and O–H groups in total. The number of alkyl halides is 2. The highest BCUT2D eigenvalue weighted by molar-refractivity contribution is 7.14. The lowest BCUT2D eigenvalue weighted by Gasteiger charge is -2.37. The average molecular weight is 872 g/mol. The number of rotatable bonds is 15. The number of nitrogens with one attached hydrogen (secondary N) is 4. The number of thiazole rings is 1. The Morgan fingerprint density at radius 1 is 1.00 bits per heavy atom. The third-order valence-electron chi connectivity index (χ3n) is 11.6. The van der Waals surface area contributed by atoms with E-state index in [4.69, 9.17) is 24.2 Å². The molecule has 16 nitrogen and oxygen atoms in total. The van der Waals surface area contributed by atoms with E-state index in [1.807, 2.05) is 19.2 Å². The van der Waals surface area contributed by atoms with Crippen molar-refractivity contribution >= 4 is 57.2 Å². The first-order valence-electron chi connectivity index (χ1n) is 20.5. The summed E-state index contributed by atoms with van der Waals surface area (Å²) in [5, 5.41) is 24.3. The molecule has 3 aromatic rings. The van der Waals surface area contributed by atoms with Crippen LogP contribution in [0, 0.1) is 17.3 Å². The van der Waals surface area contributed by atoms with E-state index in [-0.39, 0.29) is 24.9 Å². The molecule has 1 unspecified atom stereocenters. The molecule has 1 aromatic carbocycles. The van der Waals surface area contributed by atoms with E-state index >= 15 is 0 Å². The number of halogens is 2. The van der Waals surface area contributed by atoms with E-state index in [2.05, 4.69) is 21.3 Å². The maximum Gasteiger partial charge on any atom is 0.407 e. The number of hydrogen-bond donors (Lipinski definition) is 5. The Balaban J connectivity index is 1.35. The lowest BCUT2D eigenvalue weighted by molar-refractivity contribution is -0.147. The Morgan fingerprint density at radius 2 is 1.72 bits per heavy atom. The minimum Gasteiger partial charge on any atom is -0.497 e. The number of anilines is 1. The van der Waals surface area contributed by atoms with Gasteiger partial charge in [0.05, 0.1) is 37.9 Å². The Hall–Kier alpha value is -5.33.